The molecule has 0 unspecified atom stereocenters. The Morgan fingerprint density at radius 1 is 1.64 bits per heavy atom. The fraction of sp³-hybridized carbons (Fsp3) is 0.429. The molecule has 1 aromatic heterocycles. The molecule has 0 saturated heterocycles. The molecule has 1 aromatic rings. The van der Waals surface area contributed by atoms with E-state index in [-0.39, 0.29) is 32.7 Å². The van der Waals surface area contributed by atoms with E-state index in [1.54, 1.807) is 0 Å². The molecule has 55 valence electrons. The van der Waals surface area contributed by atoms with E-state index < -0.39 is 0 Å². The van der Waals surface area contributed by atoms with E-state index in [2.05, 4.69) is 10.4 Å². The summed E-state index contributed by atoms with van der Waals surface area (Å²) in [7, 11) is 0. The Morgan fingerprint density at radius 2 is 2.27 bits per heavy atom. The first-order valence-electron chi connectivity index (χ1n) is 3.03. The summed E-state index contributed by atoms with van der Waals surface area (Å²) >= 11 is 1.21. The van der Waals surface area contributed by atoms with E-state index >= 15 is 0 Å². The van der Waals surface area contributed by atoms with Crippen LogP contribution in [-0.2, 0) is 32.7 Å². The van der Waals surface area contributed by atoms with Gasteiger partial charge in [-0.2, -0.15) is 6.07 Å². The molecular weight excluding hydrogens is 233 g/mol. The van der Waals surface area contributed by atoms with Gasteiger partial charge in [-0.25, -0.2) is 4.37 Å². The third kappa shape index (κ3) is 2.98. The Hall–Kier alpha value is 0.224. The second-order valence-electron chi connectivity index (χ2n) is 2.29. The fourth-order valence-corrected chi connectivity index (χ4v) is 1.19. The predicted molar refractivity (Wildman–Crippen MR) is 39.8 cm³/mol. The smallest absolute Gasteiger partial charge is 0 e. The van der Waals surface area contributed by atoms with Crippen molar-refractivity contribution >= 4 is 11.5 Å². The minimum absolute atomic E-state index is 0. The molecule has 0 aromatic carbocycles. The van der Waals surface area contributed by atoms with Gasteiger partial charge < -0.3 is 5.26 Å². The van der Waals surface area contributed by atoms with Gasteiger partial charge in [-0.15, -0.1) is 6.07 Å². The first-order chi connectivity index (χ1) is 4.74. The summed E-state index contributed by atoms with van der Waals surface area (Å²) in [6.07, 6.45) is 0. The molecule has 0 fully saturated rings. The third-order valence-corrected chi connectivity index (χ3v) is 1.79. The van der Waals surface area contributed by atoms with Gasteiger partial charge in [0.25, 0.3) is 0 Å². The maximum atomic E-state index is 8.42. The molecule has 0 aliphatic carbocycles. The SMILES string of the molecule is CC(C)c1[c-]c(C#N)sn1.[Y]. The number of hydrogen-bond donors (Lipinski definition) is 0. The molecule has 11 heavy (non-hydrogen) atoms. The van der Waals surface area contributed by atoms with E-state index in [1.807, 2.05) is 19.9 Å². The van der Waals surface area contributed by atoms with Crippen molar-refractivity contribution in [2.45, 2.75) is 19.8 Å². The summed E-state index contributed by atoms with van der Waals surface area (Å²) in [4.78, 5) is 0.573. The summed E-state index contributed by atoms with van der Waals surface area (Å²) < 4.78 is 4.05. The van der Waals surface area contributed by atoms with Gasteiger partial charge in [0.15, 0.2) is 0 Å². The Labute approximate surface area is 95.7 Å². The molecule has 0 bridgehead atoms. The van der Waals surface area contributed by atoms with Crippen molar-refractivity contribution < 1.29 is 32.7 Å². The number of hydrogen-bond acceptors (Lipinski definition) is 3. The first kappa shape index (κ1) is 11.2. The summed E-state index contributed by atoms with van der Waals surface area (Å²) in [5.74, 6) is 0.373. The maximum absolute atomic E-state index is 8.42. The van der Waals surface area contributed by atoms with Gasteiger partial charge in [0.1, 0.15) is 0 Å². The first-order valence-corrected chi connectivity index (χ1v) is 3.80. The van der Waals surface area contributed by atoms with Crippen LogP contribution in [0.25, 0.3) is 0 Å². The molecule has 0 saturated carbocycles. The van der Waals surface area contributed by atoms with Crippen LogP contribution in [0.3, 0.4) is 0 Å². The van der Waals surface area contributed by atoms with Crippen LogP contribution in [0.5, 0.6) is 0 Å². The zero-order valence-electron chi connectivity index (χ0n) is 6.46. The second kappa shape index (κ2) is 4.97. The van der Waals surface area contributed by atoms with Gasteiger partial charge in [-0.3, -0.25) is 0 Å². The van der Waals surface area contributed by atoms with Gasteiger partial charge in [0.2, 0.25) is 0 Å². The van der Waals surface area contributed by atoms with Crippen LogP contribution in [0.2, 0.25) is 0 Å². The number of nitriles is 1. The van der Waals surface area contributed by atoms with E-state index in [9.17, 15) is 0 Å². The fourth-order valence-electron chi connectivity index (χ4n) is 0.555. The van der Waals surface area contributed by atoms with Crippen molar-refractivity contribution in [3.8, 4) is 6.07 Å². The molecule has 0 aliphatic heterocycles. The second-order valence-corrected chi connectivity index (χ2v) is 3.06. The normalized spacial score (nSPS) is 8.91. The van der Waals surface area contributed by atoms with Gasteiger partial charge in [-0.05, 0) is 11.6 Å². The summed E-state index contributed by atoms with van der Waals surface area (Å²) in [6, 6.07) is 4.91. The molecule has 1 rings (SSSR count). The number of rotatable bonds is 1. The molecule has 0 atom stereocenters. The minimum Gasteiger partial charge on any atom is -0.328 e. The van der Waals surface area contributed by atoms with Crippen molar-refractivity contribution in [3.63, 3.8) is 0 Å². The molecule has 2 nitrogen and oxygen atoms in total. The predicted octanol–water partition coefficient (Wildman–Crippen LogP) is 1.94. The monoisotopic (exact) mass is 240 g/mol. The Bertz CT molecular complexity index is 262. The Balaban J connectivity index is 0.000001000. The quantitative estimate of drug-likeness (QED) is 0.703. The number of aromatic nitrogens is 1. The molecule has 1 radical (unpaired) electrons. The average molecular weight is 240 g/mol. The van der Waals surface area contributed by atoms with Crippen molar-refractivity contribution in [1.82, 2.24) is 4.37 Å². The summed E-state index contributed by atoms with van der Waals surface area (Å²) in [6.45, 7) is 4.07. The van der Waals surface area contributed by atoms with Crippen LogP contribution >= 0.6 is 11.5 Å². The van der Waals surface area contributed by atoms with Crippen LogP contribution in [-0.4, -0.2) is 4.37 Å². The van der Waals surface area contributed by atoms with Crippen molar-refractivity contribution in [3.05, 3.63) is 16.6 Å². The van der Waals surface area contributed by atoms with E-state index in [0.29, 0.717) is 10.8 Å². The average Bonchev–Trinajstić information content (AvgIpc) is 2.34. The Morgan fingerprint density at radius 3 is 2.55 bits per heavy atom. The van der Waals surface area contributed by atoms with Crippen LogP contribution in [0.4, 0.5) is 0 Å². The standard InChI is InChI=1S/C7H7N2S.Y/c1-5(2)7-3-6(4-8)10-9-7;/h5H,1-2H3;/q-1;. The zero-order valence-corrected chi connectivity index (χ0v) is 10.1. The van der Waals surface area contributed by atoms with Gasteiger partial charge in [0, 0.05) is 32.7 Å². The van der Waals surface area contributed by atoms with Gasteiger partial charge >= 0.3 is 0 Å². The number of nitrogens with zero attached hydrogens (tertiary/aromatic N) is 2. The molecule has 0 aliphatic rings. The molecule has 1 heterocycles. The van der Waals surface area contributed by atoms with E-state index in [4.69, 9.17) is 5.26 Å². The van der Waals surface area contributed by atoms with Crippen LogP contribution < -0.4 is 0 Å². The van der Waals surface area contributed by atoms with Crippen LogP contribution in [0.1, 0.15) is 30.3 Å². The van der Waals surface area contributed by atoms with Crippen molar-refractivity contribution in [2.75, 3.05) is 0 Å². The molecule has 4 heteroatoms. The van der Waals surface area contributed by atoms with Crippen molar-refractivity contribution in [2.24, 2.45) is 0 Å². The summed E-state index contributed by atoms with van der Waals surface area (Å²) in [5.41, 5.74) is 0.890. The van der Waals surface area contributed by atoms with Crippen LogP contribution in [0.15, 0.2) is 0 Å². The Kier molecular flexibility index (Phi) is 5.08. The van der Waals surface area contributed by atoms with Gasteiger partial charge in [-0.1, -0.05) is 30.3 Å². The third-order valence-electron chi connectivity index (χ3n) is 1.13. The van der Waals surface area contributed by atoms with E-state index in [0.717, 1.165) is 5.69 Å². The zero-order chi connectivity index (χ0) is 7.56. The molecular formula is C7H7N2SY-. The topological polar surface area (TPSA) is 36.7 Å². The molecule has 0 amide bonds. The molecule has 0 spiro atoms. The largest absolute Gasteiger partial charge is 0.328 e. The summed E-state index contributed by atoms with van der Waals surface area (Å²) in [5, 5.41) is 8.42. The van der Waals surface area contributed by atoms with Crippen LogP contribution in [0, 0.1) is 17.4 Å². The molecule has 0 N–H and O–H groups in total. The minimum atomic E-state index is 0. The maximum Gasteiger partial charge on any atom is 0 e. The van der Waals surface area contributed by atoms with E-state index in [1.165, 1.54) is 11.5 Å². The van der Waals surface area contributed by atoms with Crippen molar-refractivity contribution in [1.29, 1.82) is 5.26 Å². The van der Waals surface area contributed by atoms with Gasteiger partial charge in [0.05, 0.1) is 0 Å².